The van der Waals surface area contributed by atoms with Crippen molar-refractivity contribution in [2.45, 2.75) is 32.2 Å². The Bertz CT molecular complexity index is 431. The van der Waals surface area contributed by atoms with Gasteiger partial charge in [0.15, 0.2) is 0 Å². The van der Waals surface area contributed by atoms with Crippen molar-refractivity contribution in [3.05, 3.63) is 29.8 Å². The van der Waals surface area contributed by atoms with Gasteiger partial charge in [-0.2, -0.15) is 0 Å². The molecule has 1 aliphatic rings. The van der Waals surface area contributed by atoms with E-state index in [4.69, 9.17) is 5.73 Å². The first-order valence-corrected chi connectivity index (χ1v) is 7.02. The van der Waals surface area contributed by atoms with Crippen molar-refractivity contribution < 1.29 is 4.79 Å². The summed E-state index contributed by atoms with van der Waals surface area (Å²) in [4.78, 5) is 13.8. The van der Waals surface area contributed by atoms with E-state index >= 15 is 0 Å². The number of carbonyl (C=O) groups excluding carboxylic acids is 1. The van der Waals surface area contributed by atoms with E-state index in [1.165, 1.54) is 11.3 Å². The van der Waals surface area contributed by atoms with Crippen LogP contribution >= 0.6 is 0 Å². The first-order chi connectivity index (χ1) is 9.16. The molecule has 1 unspecified atom stereocenters. The lowest BCUT2D eigenvalue weighted by molar-refractivity contribution is -0.121. The van der Waals surface area contributed by atoms with Crippen LogP contribution in [0.5, 0.6) is 0 Å². The van der Waals surface area contributed by atoms with Gasteiger partial charge < -0.3 is 16.0 Å². The van der Waals surface area contributed by atoms with Gasteiger partial charge in [-0.3, -0.25) is 4.79 Å². The number of hydrogen-bond donors (Lipinski definition) is 2. The van der Waals surface area contributed by atoms with Gasteiger partial charge >= 0.3 is 0 Å². The highest BCUT2D eigenvalue weighted by atomic mass is 16.1. The van der Waals surface area contributed by atoms with Crippen LogP contribution in [-0.4, -0.2) is 31.6 Å². The number of nitrogens with two attached hydrogens (primary N) is 1. The minimum Gasteiger partial charge on any atom is -0.371 e. The van der Waals surface area contributed by atoms with E-state index in [0.29, 0.717) is 6.42 Å². The number of nitrogens with one attached hydrogen (secondary N) is 1. The van der Waals surface area contributed by atoms with E-state index in [9.17, 15) is 4.79 Å². The van der Waals surface area contributed by atoms with Gasteiger partial charge in [0, 0.05) is 37.8 Å². The second kappa shape index (κ2) is 6.57. The van der Waals surface area contributed by atoms with Crippen LogP contribution in [0.1, 0.15) is 25.3 Å². The number of anilines is 1. The van der Waals surface area contributed by atoms with Crippen LogP contribution < -0.4 is 16.0 Å². The smallest absolute Gasteiger partial charge is 0.221 e. The summed E-state index contributed by atoms with van der Waals surface area (Å²) in [7, 11) is 0. The maximum Gasteiger partial charge on any atom is 0.221 e. The van der Waals surface area contributed by atoms with Crippen LogP contribution in [0.2, 0.25) is 0 Å². The number of rotatable bonds is 6. The summed E-state index contributed by atoms with van der Waals surface area (Å²) >= 11 is 0. The zero-order chi connectivity index (χ0) is 13.7. The molecule has 4 heteroatoms. The first kappa shape index (κ1) is 13.9. The van der Waals surface area contributed by atoms with E-state index in [-0.39, 0.29) is 11.9 Å². The molecule has 0 aliphatic carbocycles. The Labute approximate surface area is 115 Å². The average Bonchev–Trinajstić information content (AvgIpc) is 2.77. The van der Waals surface area contributed by atoms with Crippen molar-refractivity contribution >= 4 is 11.6 Å². The van der Waals surface area contributed by atoms with Gasteiger partial charge in [0.2, 0.25) is 5.91 Å². The van der Waals surface area contributed by atoms with E-state index in [1.54, 1.807) is 0 Å². The third-order valence-electron chi connectivity index (χ3n) is 3.42. The zero-order valence-corrected chi connectivity index (χ0v) is 11.6. The molecule has 1 atom stereocenters. The number of nitrogens with zero attached hydrogens (tertiary/aromatic N) is 1. The molecule has 0 aromatic heterocycles. The number of hydrogen-bond acceptors (Lipinski definition) is 3. The maximum absolute atomic E-state index is 11.4. The number of para-hydroxylation sites is 1. The highest BCUT2D eigenvalue weighted by molar-refractivity contribution is 5.76. The molecule has 1 heterocycles. The Hall–Kier alpha value is -1.55. The molecule has 104 valence electrons. The molecular formula is C15H23N3O. The molecule has 0 spiro atoms. The molecular weight excluding hydrogens is 238 g/mol. The van der Waals surface area contributed by atoms with Crippen LogP contribution in [0.3, 0.4) is 0 Å². The highest BCUT2D eigenvalue weighted by Crippen LogP contribution is 2.27. The monoisotopic (exact) mass is 261 g/mol. The summed E-state index contributed by atoms with van der Waals surface area (Å²) in [6, 6.07) is 8.49. The summed E-state index contributed by atoms with van der Waals surface area (Å²) in [5, 5.41) is 2.92. The minimum absolute atomic E-state index is 0.0526. The van der Waals surface area contributed by atoms with Gasteiger partial charge in [-0.15, -0.1) is 0 Å². The number of fused-ring (bicyclic) bond motifs is 1. The van der Waals surface area contributed by atoms with Gasteiger partial charge in [-0.05, 0) is 31.4 Å². The Kier molecular flexibility index (Phi) is 4.80. The quantitative estimate of drug-likeness (QED) is 0.759. The molecule has 1 aliphatic heterocycles. The van der Waals surface area contributed by atoms with Crippen molar-refractivity contribution in [2.75, 3.05) is 24.5 Å². The largest absolute Gasteiger partial charge is 0.371 e. The highest BCUT2D eigenvalue weighted by Gasteiger charge is 2.17. The van der Waals surface area contributed by atoms with Gasteiger partial charge in [-0.1, -0.05) is 18.2 Å². The van der Waals surface area contributed by atoms with Crippen LogP contribution in [-0.2, 0) is 11.2 Å². The maximum atomic E-state index is 11.4. The Morgan fingerprint density at radius 2 is 2.26 bits per heavy atom. The molecule has 1 aromatic rings. The van der Waals surface area contributed by atoms with Crippen LogP contribution in [0, 0.1) is 0 Å². The van der Waals surface area contributed by atoms with E-state index < -0.39 is 0 Å². The fourth-order valence-corrected chi connectivity index (χ4v) is 2.50. The van der Waals surface area contributed by atoms with E-state index in [1.807, 2.05) is 6.92 Å². The Morgan fingerprint density at radius 1 is 1.47 bits per heavy atom. The summed E-state index contributed by atoms with van der Waals surface area (Å²) in [5.41, 5.74) is 8.37. The molecule has 1 aromatic carbocycles. The molecule has 19 heavy (non-hydrogen) atoms. The Morgan fingerprint density at radius 3 is 3.05 bits per heavy atom. The molecule has 0 saturated heterocycles. The summed E-state index contributed by atoms with van der Waals surface area (Å²) in [6.45, 7) is 4.66. The van der Waals surface area contributed by atoms with E-state index in [2.05, 4.69) is 34.5 Å². The molecule has 0 fully saturated rings. The van der Waals surface area contributed by atoms with Crippen molar-refractivity contribution in [1.29, 1.82) is 0 Å². The fourth-order valence-electron chi connectivity index (χ4n) is 2.50. The number of amides is 1. The first-order valence-electron chi connectivity index (χ1n) is 7.02. The number of carbonyl (C=O) groups is 1. The van der Waals surface area contributed by atoms with Crippen molar-refractivity contribution in [3.63, 3.8) is 0 Å². The minimum atomic E-state index is -0.0644. The molecule has 0 bridgehead atoms. The van der Waals surface area contributed by atoms with Crippen LogP contribution in [0.15, 0.2) is 24.3 Å². The molecule has 2 rings (SSSR count). The summed E-state index contributed by atoms with van der Waals surface area (Å²) in [6.07, 6.45) is 2.51. The lowest BCUT2D eigenvalue weighted by Gasteiger charge is -2.19. The molecule has 4 nitrogen and oxygen atoms in total. The Balaban J connectivity index is 1.69. The third kappa shape index (κ3) is 3.96. The predicted molar refractivity (Wildman–Crippen MR) is 78.3 cm³/mol. The van der Waals surface area contributed by atoms with Gasteiger partial charge in [0.05, 0.1) is 0 Å². The SMILES string of the molecule is CC(N)CC(=O)NCCCN1CCc2ccccc21. The second-order valence-corrected chi connectivity index (χ2v) is 5.25. The van der Waals surface area contributed by atoms with Crippen molar-refractivity contribution in [2.24, 2.45) is 5.73 Å². The molecule has 0 saturated carbocycles. The van der Waals surface area contributed by atoms with Gasteiger partial charge in [-0.25, -0.2) is 0 Å². The topological polar surface area (TPSA) is 58.4 Å². The van der Waals surface area contributed by atoms with Crippen molar-refractivity contribution in [3.8, 4) is 0 Å². The normalized spacial score (nSPS) is 15.2. The van der Waals surface area contributed by atoms with Crippen molar-refractivity contribution in [1.82, 2.24) is 5.32 Å². The second-order valence-electron chi connectivity index (χ2n) is 5.25. The summed E-state index contributed by atoms with van der Waals surface area (Å²) in [5.74, 6) is 0.0526. The van der Waals surface area contributed by atoms with Gasteiger partial charge in [0.1, 0.15) is 0 Å². The zero-order valence-electron chi connectivity index (χ0n) is 11.6. The summed E-state index contributed by atoms with van der Waals surface area (Å²) < 4.78 is 0. The number of benzene rings is 1. The predicted octanol–water partition coefficient (Wildman–Crippen LogP) is 1.29. The van der Waals surface area contributed by atoms with E-state index in [0.717, 1.165) is 32.5 Å². The average molecular weight is 261 g/mol. The lowest BCUT2D eigenvalue weighted by atomic mass is 10.2. The lowest BCUT2D eigenvalue weighted by Crippen LogP contribution is -2.32. The molecule has 3 N–H and O–H groups in total. The van der Waals surface area contributed by atoms with Crippen LogP contribution in [0.4, 0.5) is 5.69 Å². The third-order valence-corrected chi connectivity index (χ3v) is 3.42. The molecule has 0 radical (unpaired) electrons. The van der Waals surface area contributed by atoms with Crippen LogP contribution in [0.25, 0.3) is 0 Å². The fraction of sp³-hybridized carbons (Fsp3) is 0.533. The standard InChI is InChI=1S/C15H23N3O/c1-12(16)11-15(19)17-8-4-9-18-10-7-13-5-2-3-6-14(13)18/h2-3,5-6,12H,4,7-11,16H2,1H3,(H,17,19). The van der Waals surface area contributed by atoms with Gasteiger partial charge in [0.25, 0.3) is 0 Å². The molecule has 1 amide bonds.